The molecule has 0 saturated carbocycles. The Bertz CT molecular complexity index is 949. The molecule has 0 amide bonds. The number of hydrogen-bond acceptors (Lipinski definition) is 5. The highest BCUT2D eigenvalue weighted by molar-refractivity contribution is 5.85. The molecule has 4 rings (SSSR count). The number of hydrogen-bond donors (Lipinski definition) is 3. The Hall–Kier alpha value is -3.09. The fraction of sp³-hybridized carbons (Fsp3) is 0.235. The number of allylic oxidation sites excluding steroid dienone is 4. The van der Waals surface area contributed by atoms with Gasteiger partial charge in [-0.2, -0.15) is 10.1 Å². The lowest BCUT2D eigenvalue weighted by atomic mass is 10.0. The molecule has 2 heterocycles. The highest BCUT2D eigenvalue weighted by Gasteiger charge is 2.13. The number of benzene rings is 1. The van der Waals surface area contributed by atoms with E-state index in [-0.39, 0.29) is 0 Å². The van der Waals surface area contributed by atoms with Crippen molar-refractivity contribution in [3.63, 3.8) is 0 Å². The number of rotatable bonds is 4. The van der Waals surface area contributed by atoms with Gasteiger partial charge in [-0.15, -0.1) is 5.10 Å². The monoisotopic (exact) mass is 322 g/mol. The number of ether oxygens (including phenoxy) is 1. The van der Waals surface area contributed by atoms with Crippen LogP contribution in [0.15, 0.2) is 36.1 Å². The summed E-state index contributed by atoms with van der Waals surface area (Å²) in [7, 11) is 1.69. The lowest BCUT2D eigenvalue weighted by molar-refractivity contribution is 0.277. The molecule has 0 spiro atoms. The van der Waals surface area contributed by atoms with Gasteiger partial charge in [0.25, 0.3) is 0 Å². The van der Waals surface area contributed by atoms with E-state index in [0.29, 0.717) is 5.95 Å². The van der Waals surface area contributed by atoms with Crippen molar-refractivity contribution in [2.24, 2.45) is 0 Å². The number of aryl methyl sites for hydroxylation is 1. The standard InChI is InChI=1S/C17H18N6O/c1-10-14-9-12(5-8-15(14)21-20-10)18-17-19-16(22-23-17)11-3-6-13(24-2)7-4-11/h3,5-6,8-9H,4,7H2,1-2H3,(H,20,21)(H2,18,19,22,23). The van der Waals surface area contributed by atoms with Crippen LogP contribution in [0, 0.1) is 6.92 Å². The van der Waals surface area contributed by atoms with Gasteiger partial charge in [-0.25, -0.2) is 0 Å². The number of aromatic nitrogens is 5. The van der Waals surface area contributed by atoms with E-state index in [4.69, 9.17) is 4.74 Å². The van der Waals surface area contributed by atoms with Crippen LogP contribution in [0.25, 0.3) is 16.5 Å². The van der Waals surface area contributed by atoms with E-state index in [1.54, 1.807) is 7.11 Å². The molecule has 7 heteroatoms. The van der Waals surface area contributed by atoms with Crippen LogP contribution in [0.5, 0.6) is 0 Å². The molecule has 1 aliphatic carbocycles. The summed E-state index contributed by atoms with van der Waals surface area (Å²) in [6, 6.07) is 5.97. The lowest BCUT2D eigenvalue weighted by Gasteiger charge is -2.11. The molecular formula is C17H18N6O. The fourth-order valence-corrected chi connectivity index (χ4v) is 2.79. The quantitative estimate of drug-likeness (QED) is 0.684. The van der Waals surface area contributed by atoms with Crippen molar-refractivity contribution in [3.8, 4) is 0 Å². The van der Waals surface area contributed by atoms with Crippen molar-refractivity contribution < 1.29 is 4.74 Å². The van der Waals surface area contributed by atoms with Crippen molar-refractivity contribution in [1.29, 1.82) is 0 Å². The second-order valence-electron chi connectivity index (χ2n) is 5.74. The molecule has 3 N–H and O–H groups in total. The van der Waals surface area contributed by atoms with Crippen LogP contribution < -0.4 is 5.32 Å². The minimum atomic E-state index is 0.549. The van der Waals surface area contributed by atoms with Gasteiger partial charge in [-0.05, 0) is 43.2 Å². The van der Waals surface area contributed by atoms with Crippen LogP contribution in [0.3, 0.4) is 0 Å². The third-order valence-corrected chi connectivity index (χ3v) is 4.16. The van der Waals surface area contributed by atoms with Crippen molar-refractivity contribution in [2.45, 2.75) is 19.8 Å². The first-order chi connectivity index (χ1) is 11.7. The van der Waals surface area contributed by atoms with E-state index in [0.717, 1.165) is 52.3 Å². The van der Waals surface area contributed by atoms with Gasteiger partial charge in [0.1, 0.15) is 0 Å². The molecule has 0 saturated heterocycles. The summed E-state index contributed by atoms with van der Waals surface area (Å²) in [6.45, 7) is 2.00. The van der Waals surface area contributed by atoms with Gasteiger partial charge in [0.2, 0.25) is 5.95 Å². The number of methoxy groups -OCH3 is 1. The first-order valence-corrected chi connectivity index (χ1v) is 7.81. The summed E-state index contributed by atoms with van der Waals surface area (Å²) in [5.41, 5.74) is 4.04. The zero-order valence-corrected chi connectivity index (χ0v) is 13.6. The molecule has 0 fully saturated rings. The molecule has 0 atom stereocenters. The number of anilines is 2. The zero-order chi connectivity index (χ0) is 16.5. The third kappa shape index (κ3) is 2.64. The van der Waals surface area contributed by atoms with E-state index >= 15 is 0 Å². The Labute approximate surface area is 138 Å². The average Bonchev–Trinajstić information content (AvgIpc) is 3.22. The summed E-state index contributed by atoms with van der Waals surface area (Å²) >= 11 is 0. The van der Waals surface area contributed by atoms with Gasteiger partial charge in [0.05, 0.1) is 18.4 Å². The van der Waals surface area contributed by atoms with Crippen LogP contribution in [0.1, 0.15) is 24.4 Å². The molecule has 0 radical (unpaired) electrons. The largest absolute Gasteiger partial charge is 0.501 e. The van der Waals surface area contributed by atoms with E-state index in [2.05, 4.69) is 30.7 Å². The second-order valence-corrected chi connectivity index (χ2v) is 5.74. The number of nitrogens with one attached hydrogen (secondary N) is 3. The Kier molecular flexibility index (Phi) is 3.53. The van der Waals surface area contributed by atoms with Gasteiger partial charge in [0, 0.05) is 23.2 Å². The minimum absolute atomic E-state index is 0.549. The number of fused-ring (bicyclic) bond motifs is 1. The Morgan fingerprint density at radius 3 is 2.83 bits per heavy atom. The van der Waals surface area contributed by atoms with E-state index < -0.39 is 0 Å². The van der Waals surface area contributed by atoms with Gasteiger partial charge in [0.15, 0.2) is 5.82 Å². The van der Waals surface area contributed by atoms with Crippen LogP contribution in [0.2, 0.25) is 0 Å². The maximum Gasteiger partial charge on any atom is 0.246 e. The lowest BCUT2D eigenvalue weighted by Crippen LogP contribution is -1.97. The first-order valence-electron chi connectivity index (χ1n) is 7.81. The van der Waals surface area contributed by atoms with Crippen molar-refractivity contribution in [2.75, 3.05) is 12.4 Å². The highest BCUT2D eigenvalue weighted by atomic mass is 16.5. The predicted octanol–water partition coefficient (Wildman–Crippen LogP) is 3.44. The van der Waals surface area contributed by atoms with Crippen LogP contribution in [-0.2, 0) is 4.74 Å². The maximum absolute atomic E-state index is 5.25. The van der Waals surface area contributed by atoms with Crippen molar-refractivity contribution in [3.05, 3.63) is 47.6 Å². The summed E-state index contributed by atoms with van der Waals surface area (Å²) in [4.78, 5) is 4.53. The topological polar surface area (TPSA) is 91.5 Å². The fourth-order valence-electron chi connectivity index (χ4n) is 2.79. The SMILES string of the molecule is COC1=CC=C(c2nc(Nc3ccc4n[nH]c(C)c4c3)n[nH]2)CC1. The van der Waals surface area contributed by atoms with Crippen LogP contribution in [-0.4, -0.2) is 32.5 Å². The Morgan fingerprint density at radius 2 is 2.04 bits per heavy atom. The zero-order valence-electron chi connectivity index (χ0n) is 13.6. The first kappa shape index (κ1) is 14.5. The summed E-state index contributed by atoms with van der Waals surface area (Å²) < 4.78 is 5.25. The third-order valence-electron chi connectivity index (χ3n) is 4.16. The summed E-state index contributed by atoms with van der Waals surface area (Å²) in [5, 5.41) is 18.8. The van der Waals surface area contributed by atoms with Crippen molar-refractivity contribution >= 4 is 28.1 Å². The highest BCUT2D eigenvalue weighted by Crippen LogP contribution is 2.26. The normalized spacial score (nSPS) is 14.4. The molecule has 0 aliphatic heterocycles. The van der Waals surface area contributed by atoms with Crippen molar-refractivity contribution in [1.82, 2.24) is 25.4 Å². The molecule has 2 aromatic heterocycles. The second kappa shape index (κ2) is 5.84. The summed E-state index contributed by atoms with van der Waals surface area (Å²) in [5.74, 6) is 2.32. The predicted molar refractivity (Wildman–Crippen MR) is 92.8 cm³/mol. The molecule has 0 bridgehead atoms. The Morgan fingerprint density at radius 1 is 1.12 bits per heavy atom. The van der Waals surface area contributed by atoms with Gasteiger partial charge in [-0.1, -0.05) is 6.08 Å². The number of H-pyrrole nitrogens is 2. The van der Waals surface area contributed by atoms with Gasteiger partial charge >= 0.3 is 0 Å². The minimum Gasteiger partial charge on any atom is -0.501 e. The van der Waals surface area contributed by atoms with Crippen LogP contribution in [0.4, 0.5) is 11.6 Å². The van der Waals surface area contributed by atoms with E-state index in [1.165, 1.54) is 0 Å². The molecule has 24 heavy (non-hydrogen) atoms. The van der Waals surface area contributed by atoms with E-state index in [9.17, 15) is 0 Å². The summed E-state index contributed by atoms with van der Waals surface area (Å²) in [6.07, 6.45) is 5.76. The van der Waals surface area contributed by atoms with Crippen LogP contribution >= 0.6 is 0 Å². The van der Waals surface area contributed by atoms with Gasteiger partial charge in [-0.3, -0.25) is 10.2 Å². The van der Waals surface area contributed by atoms with E-state index in [1.807, 2.05) is 37.3 Å². The average molecular weight is 322 g/mol. The molecule has 7 nitrogen and oxygen atoms in total. The number of nitrogens with zero attached hydrogens (tertiary/aromatic N) is 3. The smallest absolute Gasteiger partial charge is 0.246 e. The molecule has 1 aliphatic rings. The molecule has 122 valence electrons. The molecule has 3 aromatic rings. The van der Waals surface area contributed by atoms with Gasteiger partial charge < -0.3 is 10.1 Å². The Balaban J connectivity index is 1.55. The molecule has 1 aromatic carbocycles. The molecular weight excluding hydrogens is 304 g/mol. The number of aromatic amines is 2. The maximum atomic E-state index is 5.25. The molecule has 0 unspecified atom stereocenters.